The molecule has 0 aliphatic heterocycles. The van der Waals surface area contributed by atoms with E-state index in [9.17, 15) is 4.79 Å². The number of hydrogen-bond donors (Lipinski definition) is 0. The van der Waals surface area contributed by atoms with E-state index >= 15 is 0 Å². The van der Waals surface area contributed by atoms with Crippen LogP contribution in [0.3, 0.4) is 0 Å². The second-order valence-electron chi connectivity index (χ2n) is 3.15. The predicted molar refractivity (Wildman–Crippen MR) is 59.1 cm³/mol. The first-order chi connectivity index (χ1) is 6.70. The Morgan fingerprint density at radius 2 is 2.07 bits per heavy atom. The Bertz CT molecular complexity index is 204. The van der Waals surface area contributed by atoms with Gasteiger partial charge >= 0.3 is 5.97 Å². The fraction of sp³-hybridized carbons (Fsp3) is 0.583. The van der Waals surface area contributed by atoms with E-state index in [0.717, 1.165) is 24.8 Å². The van der Waals surface area contributed by atoms with Gasteiger partial charge in [0.15, 0.2) is 0 Å². The van der Waals surface area contributed by atoms with Gasteiger partial charge in [0, 0.05) is 6.42 Å². The van der Waals surface area contributed by atoms with E-state index in [1.807, 2.05) is 19.1 Å². The third kappa shape index (κ3) is 7.59. The number of allylic oxidation sites excluding steroid dienone is 3. The van der Waals surface area contributed by atoms with Crippen molar-refractivity contribution < 1.29 is 9.53 Å². The zero-order valence-electron chi connectivity index (χ0n) is 9.21. The molecule has 0 aromatic heterocycles. The molecule has 0 unspecified atom stereocenters. The molecule has 0 aromatic rings. The van der Waals surface area contributed by atoms with E-state index in [1.165, 1.54) is 0 Å². The first kappa shape index (κ1) is 12.9. The lowest BCUT2D eigenvalue weighted by atomic mass is 10.1. The van der Waals surface area contributed by atoms with Gasteiger partial charge in [-0.25, -0.2) is 0 Å². The summed E-state index contributed by atoms with van der Waals surface area (Å²) in [4.78, 5) is 10.9. The number of esters is 1. The minimum absolute atomic E-state index is 0.127. The topological polar surface area (TPSA) is 26.3 Å². The zero-order valence-corrected chi connectivity index (χ0v) is 9.21. The molecule has 0 amide bonds. The number of ether oxygens (including phenoxy) is 1. The molecule has 0 saturated carbocycles. The van der Waals surface area contributed by atoms with E-state index in [2.05, 4.69) is 13.5 Å². The minimum atomic E-state index is -0.127. The highest BCUT2D eigenvalue weighted by atomic mass is 16.5. The molecule has 0 N–H and O–H groups in total. The number of carbonyl (C=O) groups excluding carboxylic acids is 1. The molecule has 0 heterocycles. The van der Waals surface area contributed by atoms with Gasteiger partial charge in [-0.3, -0.25) is 4.79 Å². The highest BCUT2D eigenvalue weighted by Gasteiger charge is 1.97. The van der Waals surface area contributed by atoms with Crippen LogP contribution < -0.4 is 0 Å². The molecule has 2 nitrogen and oxygen atoms in total. The number of carbonyl (C=O) groups is 1. The van der Waals surface area contributed by atoms with Crippen molar-refractivity contribution in [1.29, 1.82) is 0 Å². The molecule has 0 radical (unpaired) electrons. The summed E-state index contributed by atoms with van der Waals surface area (Å²) in [6.07, 6.45) is 7.31. The van der Waals surface area contributed by atoms with Crippen molar-refractivity contribution in [1.82, 2.24) is 0 Å². The summed E-state index contributed by atoms with van der Waals surface area (Å²) in [5.41, 5.74) is 1.12. The van der Waals surface area contributed by atoms with Crippen LogP contribution in [0.5, 0.6) is 0 Å². The van der Waals surface area contributed by atoms with Crippen LogP contribution in [0.1, 0.15) is 39.5 Å². The molecule has 14 heavy (non-hydrogen) atoms. The van der Waals surface area contributed by atoms with E-state index < -0.39 is 0 Å². The molecule has 0 bridgehead atoms. The average Bonchev–Trinajstić information content (AvgIpc) is 2.13. The Morgan fingerprint density at radius 3 is 2.64 bits per heavy atom. The summed E-state index contributed by atoms with van der Waals surface area (Å²) in [6, 6.07) is 0. The molecule has 0 aliphatic carbocycles. The third-order valence-electron chi connectivity index (χ3n) is 1.75. The summed E-state index contributed by atoms with van der Waals surface area (Å²) in [6.45, 7) is 8.30. The van der Waals surface area contributed by atoms with Gasteiger partial charge in [0.05, 0.1) is 6.61 Å². The highest BCUT2D eigenvalue weighted by molar-refractivity contribution is 5.69. The van der Waals surface area contributed by atoms with Gasteiger partial charge in [-0.05, 0) is 19.8 Å². The Morgan fingerprint density at radius 1 is 1.36 bits per heavy atom. The first-order valence-corrected chi connectivity index (χ1v) is 5.20. The van der Waals surface area contributed by atoms with Gasteiger partial charge in [-0.15, -0.1) is 0 Å². The molecule has 2 heteroatoms. The van der Waals surface area contributed by atoms with Crippen molar-refractivity contribution in [3.8, 4) is 0 Å². The normalized spacial score (nSPS) is 10.4. The van der Waals surface area contributed by atoms with Crippen molar-refractivity contribution >= 4 is 5.97 Å². The lowest BCUT2D eigenvalue weighted by Crippen LogP contribution is -2.02. The van der Waals surface area contributed by atoms with Gasteiger partial charge in [0.2, 0.25) is 0 Å². The van der Waals surface area contributed by atoms with Crippen LogP contribution in [0.4, 0.5) is 0 Å². The molecule has 0 atom stereocenters. The summed E-state index contributed by atoms with van der Waals surface area (Å²) in [5.74, 6) is -0.127. The maximum Gasteiger partial charge on any atom is 0.306 e. The number of rotatable bonds is 7. The zero-order chi connectivity index (χ0) is 10.8. The fourth-order valence-electron chi connectivity index (χ4n) is 1.09. The molecular weight excluding hydrogens is 176 g/mol. The Hall–Kier alpha value is -1.05. The van der Waals surface area contributed by atoms with Crippen LogP contribution in [0.2, 0.25) is 0 Å². The lowest BCUT2D eigenvalue weighted by molar-refractivity contribution is -0.142. The third-order valence-corrected chi connectivity index (χ3v) is 1.75. The molecule has 80 valence electrons. The molecule has 0 aromatic carbocycles. The van der Waals surface area contributed by atoms with Crippen molar-refractivity contribution in [2.45, 2.75) is 39.5 Å². The maximum absolute atomic E-state index is 10.9. The fourth-order valence-corrected chi connectivity index (χ4v) is 1.09. The Labute approximate surface area is 86.6 Å². The van der Waals surface area contributed by atoms with Gasteiger partial charge in [-0.1, -0.05) is 37.6 Å². The Kier molecular flexibility index (Phi) is 7.90. The van der Waals surface area contributed by atoms with Crippen LogP contribution in [0.15, 0.2) is 24.3 Å². The molecule has 0 aliphatic rings. The second kappa shape index (κ2) is 8.54. The summed E-state index contributed by atoms with van der Waals surface area (Å²) in [5, 5.41) is 0. The van der Waals surface area contributed by atoms with Crippen molar-refractivity contribution in [2.24, 2.45) is 0 Å². The molecule has 0 rings (SSSR count). The molecular formula is C12H20O2. The molecule has 0 fully saturated rings. The summed E-state index contributed by atoms with van der Waals surface area (Å²) >= 11 is 0. The van der Waals surface area contributed by atoms with Gasteiger partial charge in [0.1, 0.15) is 0 Å². The average molecular weight is 196 g/mol. The Balaban J connectivity index is 3.52. The van der Waals surface area contributed by atoms with Crippen molar-refractivity contribution in [2.75, 3.05) is 6.61 Å². The van der Waals surface area contributed by atoms with Crippen LogP contribution in [0, 0.1) is 0 Å². The van der Waals surface area contributed by atoms with Gasteiger partial charge < -0.3 is 4.74 Å². The molecule has 0 spiro atoms. The van der Waals surface area contributed by atoms with E-state index in [1.54, 1.807) is 0 Å². The van der Waals surface area contributed by atoms with E-state index in [-0.39, 0.29) is 5.97 Å². The summed E-state index contributed by atoms with van der Waals surface area (Å²) < 4.78 is 4.80. The van der Waals surface area contributed by atoms with Crippen LogP contribution in [0.25, 0.3) is 0 Å². The highest BCUT2D eigenvalue weighted by Crippen LogP contribution is 2.04. The van der Waals surface area contributed by atoms with Crippen molar-refractivity contribution in [3.05, 3.63) is 24.3 Å². The first-order valence-electron chi connectivity index (χ1n) is 5.20. The number of hydrogen-bond acceptors (Lipinski definition) is 2. The van der Waals surface area contributed by atoms with Crippen LogP contribution >= 0.6 is 0 Å². The second-order valence-corrected chi connectivity index (χ2v) is 3.15. The largest absolute Gasteiger partial charge is 0.466 e. The lowest BCUT2D eigenvalue weighted by Gasteiger charge is -1.98. The predicted octanol–water partition coefficient (Wildman–Crippen LogP) is 3.24. The van der Waals surface area contributed by atoms with Gasteiger partial charge in [-0.2, -0.15) is 0 Å². The quantitative estimate of drug-likeness (QED) is 0.461. The van der Waals surface area contributed by atoms with E-state index in [4.69, 9.17) is 4.74 Å². The van der Waals surface area contributed by atoms with E-state index in [0.29, 0.717) is 13.0 Å². The van der Waals surface area contributed by atoms with Crippen LogP contribution in [-0.2, 0) is 9.53 Å². The smallest absolute Gasteiger partial charge is 0.306 e. The SMILES string of the molecule is C=C(/C=C/CCC(=O)OCC)CCC. The van der Waals surface area contributed by atoms with Crippen molar-refractivity contribution in [3.63, 3.8) is 0 Å². The van der Waals surface area contributed by atoms with Gasteiger partial charge in [0.25, 0.3) is 0 Å². The summed E-state index contributed by atoms with van der Waals surface area (Å²) in [7, 11) is 0. The standard InChI is InChI=1S/C12H20O2/c1-4-8-11(3)9-6-7-10-12(13)14-5-2/h6,9H,3-5,7-8,10H2,1-2H3/b9-6+. The van der Waals surface area contributed by atoms with Crippen LogP contribution in [-0.4, -0.2) is 12.6 Å². The maximum atomic E-state index is 10.9. The molecule has 0 saturated heterocycles. The monoisotopic (exact) mass is 196 g/mol. The minimum Gasteiger partial charge on any atom is -0.466 e.